The summed E-state index contributed by atoms with van der Waals surface area (Å²) in [7, 11) is 1.53. The second-order valence-corrected chi connectivity index (χ2v) is 7.75. The number of carbonyl (C=O) groups excluding carboxylic acids is 2. The molecule has 33 heavy (non-hydrogen) atoms. The Bertz CT molecular complexity index is 1070. The van der Waals surface area contributed by atoms with Gasteiger partial charge in [0.05, 0.1) is 18.7 Å². The van der Waals surface area contributed by atoms with E-state index in [2.05, 4.69) is 0 Å². The Morgan fingerprint density at radius 1 is 1.06 bits per heavy atom. The number of aliphatic hydroxyl groups excluding tert-OH is 1. The van der Waals surface area contributed by atoms with Crippen LogP contribution in [-0.4, -0.2) is 46.4 Å². The molecule has 0 spiro atoms. The summed E-state index contributed by atoms with van der Waals surface area (Å²) in [6.07, 6.45) is 4.71. The average molecular weight is 450 g/mol. The number of ether oxygens (including phenoxy) is 1. The van der Waals surface area contributed by atoms with Crippen LogP contribution >= 0.6 is 0 Å². The highest BCUT2D eigenvalue weighted by molar-refractivity contribution is 6.14. The number of hydrogen-bond acceptors (Lipinski definition) is 5. The molecule has 0 saturated heterocycles. The van der Waals surface area contributed by atoms with Gasteiger partial charge in [-0.25, -0.2) is 0 Å². The molecule has 3 rings (SSSR count). The minimum atomic E-state index is -0.862. The van der Waals surface area contributed by atoms with Crippen molar-refractivity contribution in [3.63, 3.8) is 0 Å². The van der Waals surface area contributed by atoms with Gasteiger partial charge in [-0.1, -0.05) is 55.0 Å². The van der Waals surface area contributed by atoms with E-state index in [1.807, 2.05) is 30.3 Å². The highest BCUT2D eigenvalue weighted by Gasteiger charge is 2.42. The average Bonchev–Trinajstić information content (AvgIpc) is 3.08. The van der Waals surface area contributed by atoms with E-state index >= 15 is 0 Å². The van der Waals surface area contributed by atoms with Crippen LogP contribution in [0.15, 0.2) is 72.0 Å². The van der Waals surface area contributed by atoms with Crippen LogP contribution in [0.4, 0.5) is 0 Å². The van der Waals surface area contributed by atoms with Crippen molar-refractivity contribution >= 4 is 23.7 Å². The Hall–Kier alpha value is -3.87. The number of carboxylic acid groups (broad SMARTS) is 1. The molecule has 2 aromatic rings. The number of benzene rings is 2. The van der Waals surface area contributed by atoms with Crippen molar-refractivity contribution in [3.8, 4) is 5.75 Å². The zero-order valence-corrected chi connectivity index (χ0v) is 18.4. The SMILES string of the molecule is COc1cccc(C2C(C(=O)/C=C/c3ccccc3)=C(O)C(=O)N2CCCCCC(=O)O)c1. The maximum absolute atomic E-state index is 13.1. The zero-order chi connectivity index (χ0) is 23.8. The van der Waals surface area contributed by atoms with Crippen molar-refractivity contribution < 1.29 is 29.3 Å². The van der Waals surface area contributed by atoms with Gasteiger partial charge >= 0.3 is 5.97 Å². The van der Waals surface area contributed by atoms with E-state index in [0.29, 0.717) is 30.6 Å². The van der Waals surface area contributed by atoms with Crippen LogP contribution in [-0.2, 0) is 14.4 Å². The summed E-state index contributed by atoms with van der Waals surface area (Å²) in [5, 5.41) is 19.5. The molecule has 172 valence electrons. The fraction of sp³-hybridized carbons (Fsp3) is 0.269. The first-order valence-corrected chi connectivity index (χ1v) is 10.8. The van der Waals surface area contributed by atoms with Gasteiger partial charge in [0.15, 0.2) is 11.5 Å². The molecule has 0 fully saturated rings. The fourth-order valence-electron chi connectivity index (χ4n) is 3.86. The van der Waals surface area contributed by atoms with Crippen molar-refractivity contribution in [2.75, 3.05) is 13.7 Å². The molecular formula is C26H27NO6. The topological polar surface area (TPSA) is 104 Å². The van der Waals surface area contributed by atoms with Crippen LogP contribution in [0.3, 0.4) is 0 Å². The van der Waals surface area contributed by atoms with Crippen LogP contribution in [0, 0.1) is 0 Å². The van der Waals surface area contributed by atoms with Gasteiger partial charge in [-0.2, -0.15) is 0 Å². The summed E-state index contributed by atoms with van der Waals surface area (Å²) in [4.78, 5) is 38.3. The number of ketones is 1. The zero-order valence-electron chi connectivity index (χ0n) is 18.4. The number of rotatable bonds is 11. The molecule has 0 bridgehead atoms. The maximum atomic E-state index is 13.1. The van der Waals surface area contributed by atoms with Gasteiger partial charge in [0.25, 0.3) is 5.91 Å². The molecule has 1 amide bonds. The Morgan fingerprint density at radius 3 is 2.52 bits per heavy atom. The molecule has 2 aromatic carbocycles. The predicted octanol–water partition coefficient (Wildman–Crippen LogP) is 4.32. The number of amides is 1. The lowest BCUT2D eigenvalue weighted by molar-refractivity contribution is -0.137. The minimum absolute atomic E-state index is 0.0194. The molecule has 0 aromatic heterocycles. The summed E-state index contributed by atoms with van der Waals surface area (Å²) >= 11 is 0. The van der Waals surface area contributed by atoms with Crippen molar-refractivity contribution in [1.29, 1.82) is 0 Å². The number of carbonyl (C=O) groups is 3. The molecule has 7 nitrogen and oxygen atoms in total. The van der Waals surface area contributed by atoms with Gasteiger partial charge in [0.1, 0.15) is 5.75 Å². The minimum Gasteiger partial charge on any atom is -0.503 e. The summed E-state index contributed by atoms with van der Waals surface area (Å²) in [6.45, 7) is 0.281. The molecule has 7 heteroatoms. The molecule has 0 saturated carbocycles. The normalized spacial score (nSPS) is 16.0. The third kappa shape index (κ3) is 5.88. The van der Waals surface area contributed by atoms with E-state index in [0.717, 1.165) is 5.56 Å². The highest BCUT2D eigenvalue weighted by atomic mass is 16.5. The quantitative estimate of drug-likeness (QED) is 0.391. The first-order chi connectivity index (χ1) is 15.9. The number of nitrogens with zero attached hydrogens (tertiary/aromatic N) is 1. The number of carboxylic acids is 1. The Morgan fingerprint density at radius 2 is 1.82 bits per heavy atom. The highest BCUT2D eigenvalue weighted by Crippen LogP contribution is 2.39. The first kappa shape index (κ1) is 23.8. The molecule has 1 aliphatic heterocycles. The molecule has 1 unspecified atom stereocenters. The van der Waals surface area contributed by atoms with Gasteiger partial charge in [0, 0.05) is 13.0 Å². The monoisotopic (exact) mass is 449 g/mol. The Kier molecular flexibility index (Phi) is 8.02. The summed E-state index contributed by atoms with van der Waals surface area (Å²) in [6, 6.07) is 15.6. The molecule has 1 heterocycles. The van der Waals surface area contributed by atoms with Gasteiger partial charge in [-0.05, 0) is 42.2 Å². The van der Waals surface area contributed by atoms with Gasteiger partial charge < -0.3 is 19.8 Å². The van der Waals surface area contributed by atoms with Crippen molar-refractivity contribution in [2.45, 2.75) is 31.7 Å². The Labute approximate surface area is 192 Å². The lowest BCUT2D eigenvalue weighted by Gasteiger charge is -2.27. The van der Waals surface area contributed by atoms with Crippen molar-refractivity contribution in [1.82, 2.24) is 4.90 Å². The summed E-state index contributed by atoms with van der Waals surface area (Å²) in [5.74, 6) is -1.92. The number of hydrogen-bond donors (Lipinski definition) is 2. The molecular weight excluding hydrogens is 422 g/mol. The van der Waals surface area contributed by atoms with Crippen LogP contribution in [0.1, 0.15) is 42.9 Å². The standard InChI is InChI=1S/C26H27NO6/c1-33-20-12-8-11-19(17-20)24-23(21(28)15-14-18-9-4-2-5-10-18)25(31)26(32)27(24)16-7-3-6-13-22(29)30/h2,4-5,8-12,14-15,17,24,31H,3,6-7,13,16H2,1H3,(H,29,30)/b15-14+. The number of allylic oxidation sites excluding steroid dienone is 1. The molecule has 1 atom stereocenters. The van der Waals surface area contributed by atoms with E-state index < -0.39 is 29.5 Å². The van der Waals surface area contributed by atoms with Crippen molar-refractivity contribution in [2.24, 2.45) is 0 Å². The van der Waals surface area contributed by atoms with E-state index in [1.165, 1.54) is 18.1 Å². The van der Waals surface area contributed by atoms with Crippen LogP contribution in [0.25, 0.3) is 6.08 Å². The fourth-order valence-corrected chi connectivity index (χ4v) is 3.86. The van der Waals surface area contributed by atoms with E-state index in [9.17, 15) is 19.5 Å². The lowest BCUT2D eigenvalue weighted by atomic mass is 9.95. The second kappa shape index (κ2) is 11.1. The van der Waals surface area contributed by atoms with Gasteiger partial charge in [0.2, 0.25) is 0 Å². The summed E-state index contributed by atoms with van der Waals surface area (Å²) < 4.78 is 5.30. The van der Waals surface area contributed by atoms with Gasteiger partial charge in [-0.3, -0.25) is 14.4 Å². The van der Waals surface area contributed by atoms with Crippen LogP contribution in [0.5, 0.6) is 5.75 Å². The molecule has 2 N–H and O–H groups in total. The van der Waals surface area contributed by atoms with Crippen LogP contribution < -0.4 is 4.74 Å². The first-order valence-electron chi connectivity index (χ1n) is 10.8. The van der Waals surface area contributed by atoms with E-state index in [-0.39, 0.29) is 18.5 Å². The Balaban J connectivity index is 1.88. The molecule has 0 radical (unpaired) electrons. The van der Waals surface area contributed by atoms with Crippen molar-refractivity contribution in [3.05, 3.63) is 83.1 Å². The number of unbranched alkanes of at least 4 members (excludes halogenated alkanes) is 2. The lowest BCUT2D eigenvalue weighted by Crippen LogP contribution is -2.32. The van der Waals surface area contributed by atoms with E-state index in [4.69, 9.17) is 9.84 Å². The third-order valence-electron chi connectivity index (χ3n) is 5.50. The molecule has 1 aliphatic rings. The third-order valence-corrected chi connectivity index (χ3v) is 5.50. The van der Waals surface area contributed by atoms with E-state index in [1.54, 1.807) is 30.3 Å². The number of aliphatic carboxylic acids is 1. The largest absolute Gasteiger partial charge is 0.503 e. The van der Waals surface area contributed by atoms with Crippen LogP contribution in [0.2, 0.25) is 0 Å². The number of methoxy groups -OCH3 is 1. The number of aliphatic hydroxyl groups is 1. The molecule has 0 aliphatic carbocycles. The predicted molar refractivity (Wildman–Crippen MR) is 124 cm³/mol. The summed E-state index contributed by atoms with van der Waals surface area (Å²) in [5.41, 5.74) is 1.49. The maximum Gasteiger partial charge on any atom is 0.303 e. The smallest absolute Gasteiger partial charge is 0.303 e. The second-order valence-electron chi connectivity index (χ2n) is 7.75. The van der Waals surface area contributed by atoms with Gasteiger partial charge in [-0.15, -0.1) is 0 Å².